The molecule has 7 nitrogen and oxygen atoms in total. The molecule has 1 aromatic carbocycles. The van der Waals surface area contributed by atoms with Crippen molar-refractivity contribution in [3.05, 3.63) is 70.9 Å². The van der Waals surface area contributed by atoms with Crippen molar-refractivity contribution in [3.8, 4) is 11.4 Å². The Morgan fingerprint density at radius 1 is 1.06 bits per heavy atom. The average Bonchev–Trinajstić information content (AvgIpc) is 3.27. The fourth-order valence-corrected chi connectivity index (χ4v) is 4.71. The van der Waals surface area contributed by atoms with Crippen LogP contribution in [0.25, 0.3) is 22.2 Å². The van der Waals surface area contributed by atoms with E-state index in [0.717, 1.165) is 48.2 Å². The van der Waals surface area contributed by atoms with E-state index in [9.17, 15) is 9.59 Å². The third-order valence-electron chi connectivity index (χ3n) is 6.28. The minimum absolute atomic E-state index is 0.0596. The third kappa shape index (κ3) is 3.71. The molecule has 5 rings (SSSR count). The van der Waals surface area contributed by atoms with Crippen LogP contribution in [0.1, 0.15) is 37.4 Å². The quantitative estimate of drug-likeness (QED) is 0.554. The van der Waals surface area contributed by atoms with E-state index < -0.39 is 0 Å². The average molecular weight is 415 g/mol. The molecule has 0 radical (unpaired) electrons. The van der Waals surface area contributed by atoms with Gasteiger partial charge in [-0.1, -0.05) is 18.2 Å². The Balaban J connectivity index is 1.23. The number of nitrogens with zero attached hydrogens (tertiary/aromatic N) is 4. The lowest BCUT2D eigenvalue weighted by atomic mass is 9.90. The number of carbonyl (C=O) groups is 1. The Morgan fingerprint density at radius 2 is 1.84 bits per heavy atom. The number of aryl methyl sites for hydroxylation is 1. The number of nitrogens with one attached hydrogen (secondary N) is 1. The molecular weight excluding hydrogens is 390 g/mol. The molecule has 158 valence electrons. The molecule has 2 aliphatic heterocycles. The van der Waals surface area contributed by atoms with E-state index >= 15 is 0 Å². The molecule has 1 fully saturated rings. The van der Waals surface area contributed by atoms with Crippen LogP contribution in [0.4, 0.5) is 0 Å². The maximum absolute atomic E-state index is 12.7. The smallest absolute Gasteiger partial charge is 0.275 e. The number of aromatic nitrogens is 4. The van der Waals surface area contributed by atoms with Crippen molar-refractivity contribution in [1.82, 2.24) is 24.6 Å². The second-order valence-electron chi connectivity index (χ2n) is 8.31. The molecule has 0 saturated heterocycles. The van der Waals surface area contributed by atoms with Crippen LogP contribution in [0, 0.1) is 6.92 Å². The van der Waals surface area contributed by atoms with Gasteiger partial charge in [-0.05, 0) is 56.9 Å². The van der Waals surface area contributed by atoms with Gasteiger partial charge in [0.05, 0.1) is 11.1 Å². The van der Waals surface area contributed by atoms with E-state index in [1.807, 2.05) is 37.4 Å². The molecule has 1 N–H and O–H groups in total. The lowest BCUT2D eigenvalue weighted by Crippen LogP contribution is -2.41. The van der Waals surface area contributed by atoms with Crippen LogP contribution in [-0.2, 0) is 11.3 Å². The summed E-state index contributed by atoms with van der Waals surface area (Å²) in [6.45, 7) is 1.80. The highest BCUT2D eigenvalue weighted by molar-refractivity contribution is 5.83. The zero-order valence-corrected chi connectivity index (χ0v) is 17.5. The second kappa shape index (κ2) is 7.98. The summed E-state index contributed by atoms with van der Waals surface area (Å²) >= 11 is 0. The molecule has 1 amide bonds. The zero-order chi connectivity index (χ0) is 21.4. The van der Waals surface area contributed by atoms with Gasteiger partial charge in [0, 0.05) is 35.4 Å². The highest BCUT2D eigenvalue weighted by atomic mass is 16.2. The summed E-state index contributed by atoms with van der Waals surface area (Å²) in [5, 5.41) is 8.87. The molecule has 3 heterocycles. The third-order valence-corrected chi connectivity index (χ3v) is 6.28. The number of carbonyl (C=O) groups excluding carboxylic acids is 1. The molecule has 2 aromatic rings. The van der Waals surface area contributed by atoms with Crippen LogP contribution in [0.5, 0.6) is 0 Å². The van der Waals surface area contributed by atoms with Gasteiger partial charge in [0.25, 0.3) is 5.56 Å². The first-order chi connectivity index (χ1) is 15.1. The minimum atomic E-state index is -0.230. The molecule has 0 atom stereocenters. The van der Waals surface area contributed by atoms with Crippen molar-refractivity contribution >= 4 is 16.7 Å². The van der Waals surface area contributed by atoms with Crippen molar-refractivity contribution < 1.29 is 4.79 Å². The highest BCUT2D eigenvalue weighted by Gasteiger charge is 2.25. The number of pyridine rings is 1. The first-order valence-corrected chi connectivity index (χ1v) is 10.8. The summed E-state index contributed by atoms with van der Waals surface area (Å²) in [5.41, 5.74) is 1.67. The van der Waals surface area contributed by atoms with Crippen molar-refractivity contribution in [2.24, 2.45) is 0 Å². The first kappa shape index (κ1) is 19.5. The van der Waals surface area contributed by atoms with Gasteiger partial charge in [-0.15, -0.1) is 0 Å². The molecule has 31 heavy (non-hydrogen) atoms. The van der Waals surface area contributed by atoms with Gasteiger partial charge in [0.2, 0.25) is 5.91 Å². The highest BCUT2D eigenvalue weighted by Crippen LogP contribution is 2.32. The summed E-state index contributed by atoms with van der Waals surface area (Å²) in [6.07, 6.45) is 7.71. The minimum Gasteiger partial charge on any atom is -0.352 e. The number of fused-ring (bicyclic) bond motifs is 2. The summed E-state index contributed by atoms with van der Waals surface area (Å²) in [7, 11) is 0. The van der Waals surface area contributed by atoms with E-state index in [2.05, 4.69) is 38.3 Å². The van der Waals surface area contributed by atoms with Crippen molar-refractivity contribution in [3.63, 3.8) is 0 Å². The van der Waals surface area contributed by atoms with Gasteiger partial charge in [-0.2, -0.15) is 5.10 Å². The molecule has 3 aliphatic rings. The monoisotopic (exact) mass is 415 g/mol. The van der Waals surface area contributed by atoms with Gasteiger partial charge in [0.15, 0.2) is 0 Å². The van der Waals surface area contributed by atoms with Crippen molar-refractivity contribution in [2.75, 3.05) is 0 Å². The fourth-order valence-electron chi connectivity index (χ4n) is 4.71. The molecular formula is C24H25N5O2. The first-order valence-electron chi connectivity index (χ1n) is 10.8. The van der Waals surface area contributed by atoms with Crippen LogP contribution < -0.4 is 10.9 Å². The van der Waals surface area contributed by atoms with Crippen LogP contribution in [0.15, 0.2) is 59.7 Å². The maximum atomic E-state index is 12.7. The number of rotatable bonds is 4. The molecule has 7 heteroatoms. The number of hydrogen-bond donors (Lipinski definition) is 1. The maximum Gasteiger partial charge on any atom is 0.275 e. The molecule has 1 aliphatic carbocycles. The fraction of sp³-hybridized carbons (Fsp3) is 0.333. The number of benzene rings is 1. The van der Waals surface area contributed by atoms with Gasteiger partial charge in [-0.3, -0.25) is 9.59 Å². The van der Waals surface area contributed by atoms with Gasteiger partial charge in [0.1, 0.15) is 12.4 Å². The van der Waals surface area contributed by atoms with Crippen LogP contribution in [0.3, 0.4) is 0 Å². The zero-order valence-electron chi connectivity index (χ0n) is 17.5. The summed E-state index contributed by atoms with van der Waals surface area (Å²) in [5.74, 6) is 0.854. The van der Waals surface area contributed by atoms with Gasteiger partial charge >= 0.3 is 0 Å². The predicted octanol–water partition coefficient (Wildman–Crippen LogP) is 3.31. The normalized spacial score (nSPS) is 19.0. The van der Waals surface area contributed by atoms with Gasteiger partial charge < -0.3 is 9.88 Å². The summed E-state index contributed by atoms with van der Waals surface area (Å²) in [6, 6.07) is 14.1. The molecule has 0 unspecified atom stereocenters. The van der Waals surface area contributed by atoms with Crippen LogP contribution >= 0.6 is 0 Å². The Labute approximate surface area is 180 Å². The lowest BCUT2D eigenvalue weighted by molar-refractivity contribution is -0.122. The Kier molecular flexibility index (Phi) is 5.02. The van der Waals surface area contributed by atoms with Crippen molar-refractivity contribution in [2.45, 2.75) is 51.2 Å². The van der Waals surface area contributed by atoms with Crippen LogP contribution in [0.2, 0.25) is 0 Å². The Hall–Kier alpha value is -3.48. The van der Waals surface area contributed by atoms with Crippen LogP contribution in [-0.4, -0.2) is 31.3 Å². The Bertz CT molecular complexity index is 1270. The number of hydrogen-bond acceptors (Lipinski definition) is 4. The summed E-state index contributed by atoms with van der Waals surface area (Å²) < 4.78 is 3.53. The van der Waals surface area contributed by atoms with E-state index in [4.69, 9.17) is 0 Å². The molecule has 0 spiro atoms. The largest absolute Gasteiger partial charge is 0.352 e. The molecule has 0 bridgehead atoms. The van der Waals surface area contributed by atoms with E-state index in [1.54, 1.807) is 6.07 Å². The van der Waals surface area contributed by atoms with E-state index in [0.29, 0.717) is 11.4 Å². The molecule has 1 aromatic heterocycles. The molecule has 1 saturated carbocycles. The summed E-state index contributed by atoms with van der Waals surface area (Å²) in [4.78, 5) is 29.8. The lowest BCUT2D eigenvalue weighted by Gasteiger charge is -2.31. The number of amides is 1. The Morgan fingerprint density at radius 3 is 2.65 bits per heavy atom. The SMILES string of the molecule is Cc1nn(CC(=O)NC2CCC(n3cccc4ccnc3-4)CC2)c(=O)c2ccccc12. The van der Waals surface area contributed by atoms with E-state index in [-0.39, 0.29) is 24.1 Å². The standard InChI is InChI=1S/C24H25N5O2/c1-16-20-6-2-3-7-21(20)24(31)29(27-16)15-22(30)26-18-8-10-19(11-9-18)28-14-4-5-17-12-13-25-23(17)28/h2-7,12-14,18-19H,8-11,15H2,1H3,(H,26,30). The van der Waals surface area contributed by atoms with E-state index in [1.165, 1.54) is 4.68 Å². The second-order valence-corrected chi connectivity index (χ2v) is 8.31. The topological polar surface area (TPSA) is 81.8 Å². The predicted molar refractivity (Wildman–Crippen MR) is 119 cm³/mol. The van der Waals surface area contributed by atoms with Crippen molar-refractivity contribution in [1.29, 1.82) is 0 Å². The van der Waals surface area contributed by atoms with Gasteiger partial charge in [-0.25, -0.2) is 9.67 Å².